The maximum absolute atomic E-state index is 4.53. The number of nitrogens with one attached hydrogen (secondary N) is 1. The molecule has 1 atom stereocenters. The van der Waals surface area contributed by atoms with E-state index in [9.17, 15) is 0 Å². The minimum absolute atomic E-state index is 0.647. The lowest BCUT2D eigenvalue weighted by Gasteiger charge is -2.12. The summed E-state index contributed by atoms with van der Waals surface area (Å²) < 4.78 is 1.92. The maximum atomic E-state index is 4.53. The summed E-state index contributed by atoms with van der Waals surface area (Å²) in [5.74, 6) is 0.695. The second-order valence-corrected chi connectivity index (χ2v) is 5.90. The topological polar surface area (TPSA) is 42.2 Å². The molecule has 1 aliphatic rings. The minimum atomic E-state index is 0.647. The molecule has 0 spiro atoms. The van der Waals surface area contributed by atoms with E-state index in [-0.39, 0.29) is 0 Å². The van der Waals surface area contributed by atoms with Crippen LogP contribution >= 0.6 is 11.8 Å². The Bertz CT molecular complexity index is 397. The molecule has 17 heavy (non-hydrogen) atoms. The van der Waals surface area contributed by atoms with Crippen LogP contribution in [0.15, 0.2) is 17.3 Å². The van der Waals surface area contributed by atoms with Gasteiger partial charge in [-0.05, 0) is 12.0 Å². The fourth-order valence-corrected chi connectivity index (χ4v) is 2.82. The second kappa shape index (κ2) is 5.58. The number of aryl methyl sites for hydroxylation is 1. The molecule has 94 valence electrons. The normalized spacial score (nSPS) is 19.8. The molecule has 2 rings (SSSR count). The van der Waals surface area contributed by atoms with Crippen molar-refractivity contribution in [2.75, 3.05) is 13.1 Å². The lowest BCUT2D eigenvalue weighted by atomic mass is 10.1. The largest absolute Gasteiger partial charge is 0.365 e. The zero-order chi connectivity index (χ0) is 12.3. The third-order valence-electron chi connectivity index (χ3n) is 3.00. The summed E-state index contributed by atoms with van der Waals surface area (Å²) in [5, 5.41) is 9.31. The number of nitrogens with zero attached hydrogens (tertiary/aromatic N) is 3. The fourth-order valence-electron chi connectivity index (χ4n) is 1.78. The maximum Gasteiger partial charge on any atom is 0.156 e. The molecule has 1 aliphatic heterocycles. The van der Waals surface area contributed by atoms with Crippen LogP contribution in [0.3, 0.4) is 0 Å². The quantitative estimate of drug-likeness (QED) is 0.886. The summed E-state index contributed by atoms with van der Waals surface area (Å²) >= 11 is 1.88. The highest BCUT2D eigenvalue weighted by atomic mass is 32.2. The molecule has 0 aliphatic carbocycles. The van der Waals surface area contributed by atoms with Crippen LogP contribution in [0, 0.1) is 5.92 Å². The van der Waals surface area contributed by atoms with Gasteiger partial charge in [0.2, 0.25) is 0 Å². The van der Waals surface area contributed by atoms with Gasteiger partial charge in [-0.15, -0.1) is 0 Å². The zero-order valence-electron chi connectivity index (χ0n) is 10.7. The average molecular weight is 252 g/mol. The number of thioether (sulfide) groups is 1. The summed E-state index contributed by atoms with van der Waals surface area (Å²) in [6.45, 7) is 6.39. The molecule has 5 heteroatoms. The van der Waals surface area contributed by atoms with Crippen molar-refractivity contribution >= 4 is 16.9 Å². The molecule has 0 bridgehead atoms. The Morgan fingerprint density at radius 2 is 2.41 bits per heavy atom. The molecule has 0 radical (unpaired) electrons. The van der Waals surface area contributed by atoms with Crippen LogP contribution in [0.1, 0.15) is 19.5 Å². The van der Waals surface area contributed by atoms with Gasteiger partial charge in [0.15, 0.2) is 5.17 Å². The first-order valence-corrected chi connectivity index (χ1v) is 6.96. The van der Waals surface area contributed by atoms with Crippen LogP contribution in [0.2, 0.25) is 0 Å². The molecule has 0 saturated carbocycles. The Labute approximate surface area is 107 Å². The number of hydrogen-bond donors (Lipinski definition) is 1. The molecule has 1 N–H and O–H groups in total. The van der Waals surface area contributed by atoms with Crippen LogP contribution < -0.4 is 5.32 Å². The Morgan fingerprint density at radius 3 is 3.00 bits per heavy atom. The van der Waals surface area contributed by atoms with Crippen LogP contribution in [0.5, 0.6) is 0 Å². The van der Waals surface area contributed by atoms with E-state index < -0.39 is 0 Å². The lowest BCUT2D eigenvalue weighted by molar-refractivity contribution is 0.621. The van der Waals surface area contributed by atoms with Crippen molar-refractivity contribution in [1.29, 1.82) is 0 Å². The highest BCUT2D eigenvalue weighted by Crippen LogP contribution is 2.25. The minimum Gasteiger partial charge on any atom is -0.365 e. The fraction of sp³-hybridized carbons (Fsp3) is 0.667. The molecule has 0 amide bonds. The first-order chi connectivity index (χ1) is 8.16. The van der Waals surface area contributed by atoms with Gasteiger partial charge in [0.1, 0.15) is 0 Å². The van der Waals surface area contributed by atoms with E-state index in [1.54, 1.807) is 0 Å². The van der Waals surface area contributed by atoms with Crippen molar-refractivity contribution in [2.24, 2.45) is 18.0 Å². The van der Waals surface area contributed by atoms with Gasteiger partial charge in [-0.3, -0.25) is 9.67 Å². The summed E-state index contributed by atoms with van der Waals surface area (Å²) in [6.07, 6.45) is 2.83. The SMILES string of the molecule is CC(C)C1CN=C(NCCc2ccnn2C)S1. The van der Waals surface area contributed by atoms with Gasteiger partial charge < -0.3 is 5.32 Å². The van der Waals surface area contributed by atoms with Crippen LogP contribution in [-0.4, -0.2) is 33.3 Å². The van der Waals surface area contributed by atoms with Gasteiger partial charge in [-0.1, -0.05) is 25.6 Å². The van der Waals surface area contributed by atoms with Crippen molar-refractivity contribution in [1.82, 2.24) is 15.1 Å². The van der Waals surface area contributed by atoms with Crippen molar-refractivity contribution < 1.29 is 0 Å². The second-order valence-electron chi connectivity index (χ2n) is 4.67. The Morgan fingerprint density at radius 1 is 1.59 bits per heavy atom. The monoisotopic (exact) mass is 252 g/mol. The van der Waals surface area contributed by atoms with E-state index in [1.807, 2.05) is 29.7 Å². The molecule has 0 fully saturated rings. The first-order valence-electron chi connectivity index (χ1n) is 6.08. The molecule has 2 heterocycles. The summed E-state index contributed by atoms with van der Waals surface area (Å²) in [4.78, 5) is 4.53. The van der Waals surface area contributed by atoms with E-state index in [2.05, 4.69) is 35.3 Å². The van der Waals surface area contributed by atoms with E-state index in [4.69, 9.17) is 0 Å². The standard InChI is InChI=1S/C12H20N4S/c1-9(2)11-8-14-12(17-11)13-6-4-10-5-7-15-16(10)3/h5,7,9,11H,4,6,8H2,1-3H3,(H,13,14). The van der Waals surface area contributed by atoms with E-state index in [0.717, 1.165) is 24.7 Å². The molecule has 0 aromatic carbocycles. The molecular weight excluding hydrogens is 232 g/mol. The third-order valence-corrected chi connectivity index (χ3v) is 4.49. The van der Waals surface area contributed by atoms with E-state index in [1.165, 1.54) is 5.69 Å². The first kappa shape index (κ1) is 12.5. The number of hydrogen-bond acceptors (Lipinski definition) is 4. The third kappa shape index (κ3) is 3.25. The van der Waals surface area contributed by atoms with Gasteiger partial charge in [0, 0.05) is 37.2 Å². The van der Waals surface area contributed by atoms with Gasteiger partial charge in [-0.25, -0.2) is 0 Å². The van der Waals surface area contributed by atoms with Crippen molar-refractivity contribution in [3.05, 3.63) is 18.0 Å². The van der Waals surface area contributed by atoms with E-state index in [0.29, 0.717) is 11.2 Å². The predicted octanol–water partition coefficient (Wildman–Crippen LogP) is 1.68. The van der Waals surface area contributed by atoms with Gasteiger partial charge in [0.25, 0.3) is 0 Å². The van der Waals surface area contributed by atoms with Crippen molar-refractivity contribution in [3.8, 4) is 0 Å². The summed E-state index contributed by atoms with van der Waals surface area (Å²) in [7, 11) is 1.98. The average Bonchev–Trinajstić information content (AvgIpc) is 2.89. The summed E-state index contributed by atoms with van der Waals surface area (Å²) in [6, 6.07) is 2.06. The number of amidine groups is 1. The number of rotatable bonds is 4. The number of aromatic nitrogens is 2. The Kier molecular flexibility index (Phi) is 4.10. The van der Waals surface area contributed by atoms with Crippen molar-refractivity contribution in [2.45, 2.75) is 25.5 Å². The van der Waals surface area contributed by atoms with Crippen molar-refractivity contribution in [3.63, 3.8) is 0 Å². The highest BCUT2D eigenvalue weighted by molar-refractivity contribution is 8.14. The Balaban J connectivity index is 1.72. The van der Waals surface area contributed by atoms with Gasteiger partial charge in [-0.2, -0.15) is 5.10 Å². The van der Waals surface area contributed by atoms with Gasteiger partial charge >= 0.3 is 0 Å². The predicted molar refractivity (Wildman–Crippen MR) is 73.4 cm³/mol. The van der Waals surface area contributed by atoms with Crippen LogP contribution in [-0.2, 0) is 13.5 Å². The molecule has 1 aromatic heterocycles. The van der Waals surface area contributed by atoms with Gasteiger partial charge in [0.05, 0.1) is 6.54 Å². The molecular formula is C12H20N4S. The lowest BCUT2D eigenvalue weighted by Crippen LogP contribution is -2.23. The highest BCUT2D eigenvalue weighted by Gasteiger charge is 2.21. The molecule has 1 unspecified atom stereocenters. The van der Waals surface area contributed by atoms with E-state index >= 15 is 0 Å². The Hall–Kier alpha value is -0.970. The number of aliphatic imine (C=N–C) groups is 1. The zero-order valence-corrected chi connectivity index (χ0v) is 11.5. The molecule has 1 aromatic rings. The van der Waals surface area contributed by atoms with Crippen LogP contribution in [0.25, 0.3) is 0 Å². The smallest absolute Gasteiger partial charge is 0.156 e. The molecule has 4 nitrogen and oxygen atoms in total. The molecule has 0 saturated heterocycles. The summed E-state index contributed by atoms with van der Waals surface area (Å²) in [5.41, 5.74) is 1.25. The van der Waals surface area contributed by atoms with Crippen LogP contribution in [0.4, 0.5) is 0 Å².